The molecule has 0 atom stereocenters. The molecular formula is C28H27N5O2. The number of nitrogens with one attached hydrogen (secondary N) is 2. The number of nitrogens with zero attached hydrogens (tertiary/aromatic N) is 3. The first kappa shape index (κ1) is 22.5. The van der Waals surface area contributed by atoms with Crippen molar-refractivity contribution in [3.8, 4) is 16.8 Å². The highest BCUT2D eigenvalue weighted by atomic mass is 16.2. The molecule has 4 aromatic rings. The highest BCUT2D eigenvalue weighted by Gasteiger charge is 2.23. The Labute approximate surface area is 204 Å². The van der Waals surface area contributed by atoms with E-state index in [0.29, 0.717) is 36.8 Å². The molecule has 7 nitrogen and oxygen atoms in total. The molecule has 2 amide bonds. The number of amides is 2. The molecule has 2 heterocycles. The van der Waals surface area contributed by atoms with Gasteiger partial charge in [0.1, 0.15) is 0 Å². The first-order valence-electron chi connectivity index (χ1n) is 11.9. The maximum atomic E-state index is 13.2. The summed E-state index contributed by atoms with van der Waals surface area (Å²) in [4.78, 5) is 33.9. The number of hydrogen-bond acceptors (Lipinski definition) is 4. The number of para-hydroxylation sites is 1. The van der Waals surface area contributed by atoms with Gasteiger partial charge in [0, 0.05) is 42.3 Å². The Hall–Kier alpha value is -4.26. The van der Waals surface area contributed by atoms with Crippen molar-refractivity contribution < 1.29 is 9.59 Å². The maximum Gasteiger partial charge on any atom is 0.258 e. The summed E-state index contributed by atoms with van der Waals surface area (Å²) in [6.45, 7) is 0. The smallest absolute Gasteiger partial charge is 0.258 e. The maximum absolute atomic E-state index is 13.2. The number of pyridine rings is 1. The summed E-state index contributed by atoms with van der Waals surface area (Å²) in [6, 6.07) is 21.5. The molecule has 1 fully saturated rings. The molecule has 0 saturated heterocycles. The van der Waals surface area contributed by atoms with Crippen LogP contribution in [-0.2, 0) is 11.2 Å². The number of aromatic nitrogens is 3. The summed E-state index contributed by atoms with van der Waals surface area (Å²) in [7, 11) is 0. The molecule has 2 N–H and O–H groups in total. The topological polar surface area (TPSA) is 88.9 Å². The minimum absolute atomic E-state index is 0.0950. The molecule has 5 rings (SSSR count). The SMILES string of the molecule is O=C(CCCc1cn(-c2ccccc2)c(NC(=O)c2cccc(-c3ccncc3)c2)n1)NC1CC1. The summed E-state index contributed by atoms with van der Waals surface area (Å²) in [5.41, 5.74) is 4.21. The molecule has 0 unspecified atom stereocenters. The van der Waals surface area contributed by atoms with Crippen molar-refractivity contribution >= 4 is 17.8 Å². The zero-order chi connectivity index (χ0) is 24.0. The van der Waals surface area contributed by atoms with Gasteiger partial charge in [-0.1, -0.05) is 30.3 Å². The van der Waals surface area contributed by atoms with Gasteiger partial charge in [-0.2, -0.15) is 0 Å². The van der Waals surface area contributed by atoms with E-state index in [1.807, 2.05) is 71.4 Å². The zero-order valence-corrected chi connectivity index (χ0v) is 19.4. The minimum Gasteiger partial charge on any atom is -0.353 e. The van der Waals surface area contributed by atoms with Gasteiger partial charge in [0.05, 0.1) is 5.69 Å². The Kier molecular flexibility index (Phi) is 6.66. The molecule has 7 heteroatoms. The number of rotatable bonds is 9. The first-order chi connectivity index (χ1) is 17.2. The van der Waals surface area contributed by atoms with Crippen LogP contribution < -0.4 is 10.6 Å². The van der Waals surface area contributed by atoms with Crippen LogP contribution >= 0.6 is 0 Å². The molecule has 2 aromatic heterocycles. The van der Waals surface area contributed by atoms with Gasteiger partial charge in [-0.3, -0.25) is 24.5 Å². The van der Waals surface area contributed by atoms with Gasteiger partial charge in [-0.25, -0.2) is 4.98 Å². The van der Waals surface area contributed by atoms with E-state index in [0.717, 1.165) is 35.3 Å². The van der Waals surface area contributed by atoms with Crippen molar-refractivity contribution in [3.63, 3.8) is 0 Å². The van der Waals surface area contributed by atoms with Gasteiger partial charge in [-0.05, 0) is 73.2 Å². The fourth-order valence-corrected chi connectivity index (χ4v) is 3.94. The predicted molar refractivity (Wildman–Crippen MR) is 135 cm³/mol. The highest BCUT2D eigenvalue weighted by molar-refractivity contribution is 6.04. The summed E-state index contributed by atoms with van der Waals surface area (Å²) < 4.78 is 1.88. The molecule has 176 valence electrons. The van der Waals surface area contributed by atoms with E-state index in [4.69, 9.17) is 4.98 Å². The average molecular weight is 466 g/mol. The second-order valence-corrected chi connectivity index (χ2v) is 8.73. The second kappa shape index (κ2) is 10.3. The van der Waals surface area contributed by atoms with Crippen LogP contribution in [0.4, 0.5) is 5.95 Å². The Bertz CT molecular complexity index is 1310. The van der Waals surface area contributed by atoms with Crippen LogP contribution in [0.25, 0.3) is 16.8 Å². The molecule has 1 aliphatic carbocycles. The molecule has 0 spiro atoms. The molecule has 35 heavy (non-hydrogen) atoms. The fourth-order valence-electron chi connectivity index (χ4n) is 3.94. The summed E-state index contributed by atoms with van der Waals surface area (Å²) in [5, 5.41) is 6.00. The summed E-state index contributed by atoms with van der Waals surface area (Å²) >= 11 is 0. The van der Waals surface area contributed by atoms with Gasteiger partial charge in [0.2, 0.25) is 11.9 Å². The van der Waals surface area contributed by atoms with E-state index >= 15 is 0 Å². The number of hydrogen-bond donors (Lipinski definition) is 2. The second-order valence-electron chi connectivity index (χ2n) is 8.73. The molecule has 1 saturated carbocycles. The first-order valence-corrected chi connectivity index (χ1v) is 11.9. The number of carbonyl (C=O) groups is 2. The molecule has 0 radical (unpaired) electrons. The van der Waals surface area contributed by atoms with Crippen molar-refractivity contribution in [2.75, 3.05) is 5.32 Å². The lowest BCUT2D eigenvalue weighted by molar-refractivity contribution is -0.121. The normalized spacial score (nSPS) is 12.8. The van der Waals surface area contributed by atoms with Crippen LogP contribution in [0.3, 0.4) is 0 Å². The number of benzene rings is 2. The van der Waals surface area contributed by atoms with E-state index in [2.05, 4.69) is 15.6 Å². The number of anilines is 1. The van der Waals surface area contributed by atoms with Gasteiger partial charge in [-0.15, -0.1) is 0 Å². The van der Waals surface area contributed by atoms with Crippen molar-refractivity contribution in [2.45, 2.75) is 38.1 Å². The lowest BCUT2D eigenvalue weighted by Gasteiger charge is -2.10. The van der Waals surface area contributed by atoms with Crippen LogP contribution in [0.5, 0.6) is 0 Å². The molecule has 0 bridgehead atoms. The third-order valence-electron chi connectivity index (χ3n) is 5.93. The van der Waals surface area contributed by atoms with Gasteiger partial charge in [0.25, 0.3) is 5.91 Å². The Morgan fingerprint density at radius 1 is 0.943 bits per heavy atom. The number of imidazole rings is 1. The lowest BCUT2D eigenvalue weighted by atomic mass is 10.0. The quantitative estimate of drug-likeness (QED) is 0.372. The Morgan fingerprint density at radius 2 is 1.74 bits per heavy atom. The monoisotopic (exact) mass is 465 g/mol. The van der Waals surface area contributed by atoms with Crippen LogP contribution in [0.1, 0.15) is 41.7 Å². The average Bonchev–Trinajstić information content (AvgIpc) is 3.62. The van der Waals surface area contributed by atoms with E-state index in [9.17, 15) is 9.59 Å². The molecule has 1 aliphatic rings. The number of carbonyl (C=O) groups excluding carboxylic acids is 2. The fraction of sp³-hybridized carbons (Fsp3) is 0.214. The van der Waals surface area contributed by atoms with E-state index in [1.54, 1.807) is 18.5 Å². The van der Waals surface area contributed by atoms with Crippen LogP contribution in [0.2, 0.25) is 0 Å². The van der Waals surface area contributed by atoms with Crippen LogP contribution in [-0.4, -0.2) is 32.4 Å². The van der Waals surface area contributed by atoms with Crippen LogP contribution in [0.15, 0.2) is 85.3 Å². The van der Waals surface area contributed by atoms with Crippen molar-refractivity contribution in [1.29, 1.82) is 0 Å². The Balaban J connectivity index is 1.33. The predicted octanol–water partition coefficient (Wildman–Crippen LogP) is 4.79. The van der Waals surface area contributed by atoms with Gasteiger partial charge < -0.3 is 5.32 Å². The van der Waals surface area contributed by atoms with Crippen molar-refractivity contribution in [3.05, 3.63) is 96.6 Å². The Morgan fingerprint density at radius 3 is 2.51 bits per heavy atom. The van der Waals surface area contributed by atoms with Gasteiger partial charge in [0.15, 0.2) is 0 Å². The zero-order valence-electron chi connectivity index (χ0n) is 19.4. The van der Waals surface area contributed by atoms with Gasteiger partial charge >= 0.3 is 0 Å². The summed E-state index contributed by atoms with van der Waals surface area (Å²) in [6.07, 6.45) is 9.38. The molecule has 2 aromatic carbocycles. The largest absolute Gasteiger partial charge is 0.353 e. The lowest BCUT2D eigenvalue weighted by Crippen LogP contribution is -2.25. The summed E-state index contributed by atoms with van der Waals surface area (Å²) in [5.74, 6) is 0.310. The molecule has 0 aliphatic heterocycles. The minimum atomic E-state index is -0.237. The molecular weight excluding hydrogens is 438 g/mol. The standard InChI is InChI=1S/C28H27N5O2/c34-26(30-23-12-13-23)11-5-8-24-19-33(25-9-2-1-3-10-25)28(31-24)32-27(35)22-7-4-6-21(18-22)20-14-16-29-17-15-20/h1-4,6-7,9-10,14-19,23H,5,8,11-13H2,(H,30,34)(H,31,32,35). The van der Waals surface area contributed by atoms with Crippen LogP contribution in [0, 0.1) is 0 Å². The third-order valence-corrected chi connectivity index (χ3v) is 5.93. The number of aryl methyl sites for hydroxylation is 1. The van der Waals surface area contributed by atoms with E-state index < -0.39 is 0 Å². The van der Waals surface area contributed by atoms with Crippen molar-refractivity contribution in [2.24, 2.45) is 0 Å². The van der Waals surface area contributed by atoms with Crippen molar-refractivity contribution in [1.82, 2.24) is 19.9 Å². The highest BCUT2D eigenvalue weighted by Crippen LogP contribution is 2.22. The third kappa shape index (κ3) is 5.81. The van der Waals surface area contributed by atoms with E-state index in [1.165, 1.54) is 0 Å². The van der Waals surface area contributed by atoms with E-state index in [-0.39, 0.29) is 11.8 Å².